The molecule has 0 aliphatic carbocycles. The van der Waals surface area contributed by atoms with Crippen molar-refractivity contribution in [3.05, 3.63) is 53.1 Å². The van der Waals surface area contributed by atoms with Gasteiger partial charge in [-0.25, -0.2) is 4.98 Å². The molecule has 1 aromatic heterocycles. The minimum absolute atomic E-state index is 0.0643. The summed E-state index contributed by atoms with van der Waals surface area (Å²) < 4.78 is 0. The van der Waals surface area contributed by atoms with Gasteiger partial charge < -0.3 is 10.3 Å². The average molecular weight is 278 g/mol. The van der Waals surface area contributed by atoms with Gasteiger partial charge >= 0.3 is 0 Å². The number of aromatic amines is 1. The summed E-state index contributed by atoms with van der Waals surface area (Å²) in [6.45, 7) is 0.627. The summed E-state index contributed by atoms with van der Waals surface area (Å²) in [7, 11) is 0. The van der Waals surface area contributed by atoms with Crippen molar-refractivity contribution in [3.8, 4) is 0 Å². The predicted molar refractivity (Wildman–Crippen MR) is 75.1 cm³/mol. The number of benzene rings is 1. The molecule has 0 fully saturated rings. The van der Waals surface area contributed by atoms with Gasteiger partial charge in [0.15, 0.2) is 0 Å². The first kappa shape index (κ1) is 13.6. The van der Waals surface area contributed by atoms with E-state index in [1.807, 2.05) is 24.3 Å². The Hall–Kier alpha value is -1.81. The smallest absolute Gasteiger partial charge is 0.220 e. The number of rotatable bonds is 6. The maximum Gasteiger partial charge on any atom is 0.220 e. The van der Waals surface area contributed by atoms with Gasteiger partial charge in [0, 0.05) is 36.3 Å². The zero-order chi connectivity index (χ0) is 13.5. The van der Waals surface area contributed by atoms with Gasteiger partial charge in [0.2, 0.25) is 5.91 Å². The van der Waals surface area contributed by atoms with E-state index in [1.165, 1.54) is 0 Å². The van der Waals surface area contributed by atoms with Gasteiger partial charge in [0.25, 0.3) is 0 Å². The van der Waals surface area contributed by atoms with Crippen LogP contribution in [-0.4, -0.2) is 22.4 Å². The van der Waals surface area contributed by atoms with Crippen molar-refractivity contribution in [1.29, 1.82) is 0 Å². The molecule has 4 nitrogen and oxygen atoms in total. The lowest BCUT2D eigenvalue weighted by Crippen LogP contribution is -2.25. The van der Waals surface area contributed by atoms with Crippen LogP contribution in [0.3, 0.4) is 0 Å². The number of H-pyrrole nitrogens is 1. The highest BCUT2D eigenvalue weighted by Gasteiger charge is 2.02. The van der Waals surface area contributed by atoms with E-state index in [1.54, 1.807) is 12.5 Å². The second-order valence-corrected chi connectivity index (χ2v) is 4.74. The van der Waals surface area contributed by atoms with Gasteiger partial charge in [0.05, 0.1) is 6.33 Å². The van der Waals surface area contributed by atoms with Crippen molar-refractivity contribution in [2.75, 3.05) is 6.54 Å². The van der Waals surface area contributed by atoms with E-state index in [0.717, 1.165) is 24.1 Å². The minimum Gasteiger partial charge on any atom is -0.356 e. The van der Waals surface area contributed by atoms with E-state index >= 15 is 0 Å². The number of aromatic nitrogens is 2. The van der Waals surface area contributed by atoms with Crippen LogP contribution in [0, 0.1) is 0 Å². The molecule has 1 aromatic carbocycles. The molecule has 0 radical (unpaired) electrons. The largest absolute Gasteiger partial charge is 0.356 e. The Bertz CT molecular complexity index is 508. The number of hydrogen-bond donors (Lipinski definition) is 2. The van der Waals surface area contributed by atoms with Crippen LogP contribution >= 0.6 is 11.6 Å². The summed E-state index contributed by atoms with van der Waals surface area (Å²) in [6, 6.07) is 7.57. The van der Waals surface area contributed by atoms with Crippen molar-refractivity contribution in [1.82, 2.24) is 15.3 Å². The highest BCUT2D eigenvalue weighted by atomic mass is 35.5. The van der Waals surface area contributed by atoms with Crippen LogP contribution < -0.4 is 5.32 Å². The maximum absolute atomic E-state index is 11.6. The molecule has 0 spiro atoms. The number of imidazole rings is 1. The first-order chi connectivity index (χ1) is 9.24. The Kier molecular flexibility index (Phi) is 4.98. The Morgan fingerprint density at radius 1 is 1.26 bits per heavy atom. The quantitative estimate of drug-likeness (QED) is 0.852. The Morgan fingerprint density at radius 2 is 2.05 bits per heavy atom. The van der Waals surface area contributed by atoms with E-state index in [9.17, 15) is 4.79 Å². The molecule has 0 aliphatic heterocycles. The van der Waals surface area contributed by atoms with Crippen molar-refractivity contribution >= 4 is 17.5 Å². The van der Waals surface area contributed by atoms with Crippen LogP contribution in [0.25, 0.3) is 0 Å². The minimum atomic E-state index is 0.0643. The van der Waals surface area contributed by atoms with Gasteiger partial charge in [0.1, 0.15) is 0 Å². The van der Waals surface area contributed by atoms with E-state index in [4.69, 9.17) is 11.6 Å². The Balaban J connectivity index is 1.65. The highest BCUT2D eigenvalue weighted by molar-refractivity contribution is 6.30. The fraction of sp³-hybridized carbons (Fsp3) is 0.286. The molecule has 2 aromatic rings. The van der Waals surface area contributed by atoms with Crippen LogP contribution in [0.2, 0.25) is 5.02 Å². The zero-order valence-corrected chi connectivity index (χ0v) is 11.3. The molecule has 19 heavy (non-hydrogen) atoms. The second-order valence-electron chi connectivity index (χ2n) is 4.30. The number of carbonyl (C=O) groups excluding carboxylic acids is 1. The number of nitrogens with zero attached hydrogens (tertiary/aromatic N) is 1. The summed E-state index contributed by atoms with van der Waals surface area (Å²) in [6.07, 6.45) is 5.39. The predicted octanol–water partition coefficient (Wildman–Crippen LogP) is 2.35. The van der Waals surface area contributed by atoms with Crippen LogP contribution in [-0.2, 0) is 17.6 Å². The molecule has 0 saturated carbocycles. The molecule has 0 atom stereocenters. The molecular weight excluding hydrogens is 262 g/mol. The van der Waals surface area contributed by atoms with Crippen molar-refractivity contribution in [2.24, 2.45) is 0 Å². The van der Waals surface area contributed by atoms with Crippen LogP contribution in [0.15, 0.2) is 36.8 Å². The number of carbonyl (C=O) groups is 1. The molecule has 0 unspecified atom stereocenters. The number of hydrogen-bond acceptors (Lipinski definition) is 2. The van der Waals surface area contributed by atoms with Gasteiger partial charge in [-0.3, -0.25) is 4.79 Å². The van der Waals surface area contributed by atoms with Crippen LogP contribution in [0.4, 0.5) is 0 Å². The van der Waals surface area contributed by atoms with Crippen LogP contribution in [0.5, 0.6) is 0 Å². The molecular formula is C14H16ClN3O. The molecule has 5 heteroatoms. The molecule has 0 bridgehead atoms. The molecule has 2 rings (SSSR count). The lowest BCUT2D eigenvalue weighted by molar-refractivity contribution is -0.121. The summed E-state index contributed by atoms with van der Waals surface area (Å²) >= 11 is 5.80. The van der Waals surface area contributed by atoms with Gasteiger partial charge in [-0.1, -0.05) is 23.7 Å². The Labute approximate surface area is 117 Å². The zero-order valence-electron chi connectivity index (χ0n) is 10.5. The summed E-state index contributed by atoms with van der Waals surface area (Å²) in [4.78, 5) is 18.6. The molecule has 0 saturated heterocycles. The molecule has 1 amide bonds. The monoisotopic (exact) mass is 277 g/mol. The number of nitrogens with one attached hydrogen (secondary N) is 2. The van der Waals surface area contributed by atoms with E-state index in [0.29, 0.717) is 18.0 Å². The SMILES string of the molecule is O=C(CCc1ccc(Cl)cc1)NCCc1cnc[nH]1. The summed E-state index contributed by atoms with van der Waals surface area (Å²) in [5.41, 5.74) is 2.14. The Morgan fingerprint density at radius 3 is 2.74 bits per heavy atom. The highest BCUT2D eigenvalue weighted by Crippen LogP contribution is 2.10. The maximum atomic E-state index is 11.6. The number of aryl methyl sites for hydroxylation is 1. The topological polar surface area (TPSA) is 57.8 Å². The summed E-state index contributed by atoms with van der Waals surface area (Å²) in [5.74, 6) is 0.0643. The van der Waals surface area contributed by atoms with Crippen molar-refractivity contribution in [2.45, 2.75) is 19.3 Å². The standard InChI is InChI=1S/C14H16ClN3O/c15-12-4-1-11(2-5-12)3-6-14(19)17-8-7-13-9-16-10-18-13/h1-2,4-5,9-10H,3,6-8H2,(H,16,18)(H,17,19). The fourth-order valence-electron chi connectivity index (χ4n) is 1.76. The second kappa shape index (κ2) is 6.95. The third-order valence-electron chi connectivity index (χ3n) is 2.83. The first-order valence-electron chi connectivity index (χ1n) is 6.22. The molecule has 2 N–H and O–H groups in total. The van der Waals surface area contributed by atoms with Gasteiger partial charge in [-0.15, -0.1) is 0 Å². The first-order valence-corrected chi connectivity index (χ1v) is 6.60. The van der Waals surface area contributed by atoms with Crippen LogP contribution in [0.1, 0.15) is 17.7 Å². The molecule has 100 valence electrons. The lowest BCUT2D eigenvalue weighted by atomic mass is 10.1. The van der Waals surface area contributed by atoms with E-state index in [2.05, 4.69) is 15.3 Å². The average Bonchev–Trinajstić information content (AvgIpc) is 2.91. The third-order valence-corrected chi connectivity index (χ3v) is 3.08. The lowest BCUT2D eigenvalue weighted by Gasteiger charge is -2.04. The van der Waals surface area contributed by atoms with E-state index < -0.39 is 0 Å². The normalized spacial score (nSPS) is 10.4. The van der Waals surface area contributed by atoms with Gasteiger partial charge in [-0.2, -0.15) is 0 Å². The van der Waals surface area contributed by atoms with Crippen molar-refractivity contribution in [3.63, 3.8) is 0 Å². The number of halogens is 1. The third kappa shape index (κ3) is 4.75. The molecule has 1 heterocycles. The fourth-order valence-corrected chi connectivity index (χ4v) is 1.88. The summed E-state index contributed by atoms with van der Waals surface area (Å²) in [5, 5.41) is 3.61. The number of amides is 1. The van der Waals surface area contributed by atoms with Crippen molar-refractivity contribution < 1.29 is 4.79 Å². The van der Waals surface area contributed by atoms with E-state index in [-0.39, 0.29) is 5.91 Å². The molecule has 0 aliphatic rings. The van der Waals surface area contributed by atoms with Gasteiger partial charge in [-0.05, 0) is 24.1 Å².